The first kappa shape index (κ1) is 27.9. The van der Waals surface area contributed by atoms with Gasteiger partial charge in [0.05, 0.1) is 34.8 Å². The highest BCUT2D eigenvalue weighted by Crippen LogP contribution is 2.34. The molecular formula is C31H33N5O5S. The van der Waals surface area contributed by atoms with E-state index >= 15 is 0 Å². The van der Waals surface area contributed by atoms with E-state index in [1.165, 1.54) is 21.7 Å². The van der Waals surface area contributed by atoms with Crippen LogP contribution in [0.2, 0.25) is 0 Å². The quantitative estimate of drug-likeness (QED) is 0.328. The number of carboxylic acid groups (broad SMARTS) is 1. The molecule has 1 saturated heterocycles. The Morgan fingerprint density at radius 3 is 2.43 bits per heavy atom. The highest BCUT2D eigenvalue weighted by atomic mass is 32.2. The SMILES string of the molecule is Cc1cc(C(C)Nc2cccc(C(=O)O)c2)c2nc(N3Cc4ccccc4C3)n([C@@H]3CCN(S(C)(=O)=O)C3)c(=O)c2c1. The van der Waals surface area contributed by atoms with E-state index in [0.29, 0.717) is 48.6 Å². The Hall–Kier alpha value is -4.22. The molecule has 42 heavy (non-hydrogen) atoms. The van der Waals surface area contributed by atoms with Gasteiger partial charge in [0.2, 0.25) is 16.0 Å². The van der Waals surface area contributed by atoms with Crippen molar-refractivity contribution in [3.8, 4) is 0 Å². The molecule has 1 aromatic heterocycles. The van der Waals surface area contributed by atoms with E-state index in [9.17, 15) is 23.1 Å². The van der Waals surface area contributed by atoms with Gasteiger partial charge in [0.15, 0.2) is 0 Å². The van der Waals surface area contributed by atoms with Crippen LogP contribution in [0.3, 0.4) is 0 Å². The molecular weight excluding hydrogens is 554 g/mol. The molecule has 2 aliphatic heterocycles. The maximum Gasteiger partial charge on any atom is 0.335 e. The number of carboxylic acids is 1. The fourth-order valence-electron chi connectivity index (χ4n) is 6.12. The van der Waals surface area contributed by atoms with E-state index < -0.39 is 16.0 Å². The van der Waals surface area contributed by atoms with Crippen LogP contribution >= 0.6 is 0 Å². The van der Waals surface area contributed by atoms with Crippen LogP contribution in [0.15, 0.2) is 65.5 Å². The summed E-state index contributed by atoms with van der Waals surface area (Å²) in [6.07, 6.45) is 1.72. The second-order valence-electron chi connectivity index (χ2n) is 11.3. The molecule has 2 aliphatic rings. The van der Waals surface area contributed by atoms with Gasteiger partial charge in [0.1, 0.15) is 0 Å². The number of hydrogen-bond acceptors (Lipinski definition) is 7. The Balaban J connectivity index is 1.48. The summed E-state index contributed by atoms with van der Waals surface area (Å²) in [6, 6.07) is 18.0. The molecule has 3 aromatic carbocycles. The zero-order chi connectivity index (χ0) is 29.8. The Labute approximate surface area is 244 Å². The minimum Gasteiger partial charge on any atom is -0.478 e. The van der Waals surface area contributed by atoms with Crippen LogP contribution in [-0.2, 0) is 23.1 Å². The number of anilines is 2. The maximum atomic E-state index is 14.4. The van der Waals surface area contributed by atoms with Crippen molar-refractivity contribution in [1.29, 1.82) is 0 Å². The van der Waals surface area contributed by atoms with Crippen LogP contribution in [-0.4, -0.2) is 52.7 Å². The summed E-state index contributed by atoms with van der Waals surface area (Å²) < 4.78 is 27.8. The molecule has 2 atom stereocenters. The third-order valence-corrected chi connectivity index (χ3v) is 9.47. The van der Waals surface area contributed by atoms with Gasteiger partial charge in [0, 0.05) is 37.4 Å². The lowest BCUT2D eigenvalue weighted by Crippen LogP contribution is -2.35. The Bertz CT molecular complexity index is 1860. The summed E-state index contributed by atoms with van der Waals surface area (Å²) in [7, 11) is -3.40. The largest absolute Gasteiger partial charge is 0.478 e. The number of aryl methyl sites for hydroxylation is 1. The topological polar surface area (TPSA) is 125 Å². The zero-order valence-corrected chi connectivity index (χ0v) is 24.6. The predicted octanol–water partition coefficient (Wildman–Crippen LogP) is 4.30. The van der Waals surface area contributed by atoms with E-state index in [0.717, 1.165) is 11.1 Å². The lowest BCUT2D eigenvalue weighted by molar-refractivity contribution is 0.0697. The molecule has 3 heterocycles. The number of benzene rings is 3. The van der Waals surface area contributed by atoms with Crippen molar-refractivity contribution in [2.75, 3.05) is 29.6 Å². The van der Waals surface area contributed by atoms with Gasteiger partial charge in [-0.25, -0.2) is 22.5 Å². The first-order valence-corrected chi connectivity index (χ1v) is 15.8. The fourth-order valence-corrected chi connectivity index (χ4v) is 7.00. The highest BCUT2D eigenvalue weighted by Gasteiger charge is 2.34. The normalized spacial score (nSPS) is 17.9. The predicted molar refractivity (Wildman–Crippen MR) is 163 cm³/mol. The molecule has 0 radical (unpaired) electrons. The molecule has 11 heteroatoms. The smallest absolute Gasteiger partial charge is 0.335 e. The number of aromatic carboxylic acids is 1. The van der Waals surface area contributed by atoms with Crippen molar-refractivity contribution in [3.63, 3.8) is 0 Å². The minimum absolute atomic E-state index is 0.179. The number of fused-ring (bicyclic) bond motifs is 2. The summed E-state index contributed by atoms with van der Waals surface area (Å²) in [5.74, 6) is -0.485. The molecule has 1 unspecified atom stereocenters. The number of aromatic nitrogens is 2. The van der Waals surface area contributed by atoms with Gasteiger partial charge in [-0.3, -0.25) is 9.36 Å². The summed E-state index contributed by atoms with van der Waals surface area (Å²) in [6.45, 7) is 5.64. The van der Waals surface area contributed by atoms with Crippen LogP contribution in [0.5, 0.6) is 0 Å². The number of nitrogens with zero attached hydrogens (tertiary/aromatic N) is 4. The average Bonchev–Trinajstić information content (AvgIpc) is 3.61. The maximum absolute atomic E-state index is 14.4. The van der Waals surface area contributed by atoms with Crippen molar-refractivity contribution in [2.45, 2.75) is 45.4 Å². The van der Waals surface area contributed by atoms with Gasteiger partial charge in [-0.2, -0.15) is 0 Å². The van der Waals surface area contributed by atoms with Crippen molar-refractivity contribution >= 4 is 38.5 Å². The summed E-state index contributed by atoms with van der Waals surface area (Å²) >= 11 is 0. The molecule has 4 aromatic rings. The summed E-state index contributed by atoms with van der Waals surface area (Å²) in [5.41, 5.74) is 5.24. The second kappa shape index (κ2) is 10.6. The van der Waals surface area contributed by atoms with E-state index in [1.54, 1.807) is 22.8 Å². The second-order valence-corrected chi connectivity index (χ2v) is 13.3. The zero-order valence-electron chi connectivity index (χ0n) is 23.7. The molecule has 0 amide bonds. The lowest BCUT2D eigenvalue weighted by atomic mass is 10.0. The van der Waals surface area contributed by atoms with Gasteiger partial charge in [-0.1, -0.05) is 36.4 Å². The Morgan fingerprint density at radius 1 is 1.07 bits per heavy atom. The average molecular weight is 588 g/mol. The molecule has 0 aliphatic carbocycles. The van der Waals surface area contributed by atoms with E-state index in [4.69, 9.17) is 4.98 Å². The third kappa shape index (κ3) is 5.14. The van der Waals surface area contributed by atoms with Crippen LogP contribution in [0, 0.1) is 6.92 Å². The van der Waals surface area contributed by atoms with Crippen LogP contribution in [0.1, 0.15) is 58.0 Å². The van der Waals surface area contributed by atoms with Crippen molar-refractivity contribution < 1.29 is 18.3 Å². The summed E-state index contributed by atoms with van der Waals surface area (Å²) in [5, 5.41) is 13.3. The minimum atomic E-state index is -3.40. The number of carbonyl (C=O) groups is 1. The van der Waals surface area contributed by atoms with Gasteiger partial charge >= 0.3 is 5.97 Å². The van der Waals surface area contributed by atoms with Gasteiger partial charge in [0.25, 0.3) is 5.56 Å². The van der Waals surface area contributed by atoms with E-state index in [1.807, 2.05) is 44.2 Å². The van der Waals surface area contributed by atoms with Crippen LogP contribution in [0.4, 0.5) is 11.6 Å². The fraction of sp³-hybridized carbons (Fsp3) is 0.323. The van der Waals surface area contributed by atoms with Crippen LogP contribution < -0.4 is 15.8 Å². The molecule has 218 valence electrons. The van der Waals surface area contributed by atoms with Gasteiger partial charge in [-0.15, -0.1) is 0 Å². The third-order valence-electron chi connectivity index (χ3n) is 8.20. The monoisotopic (exact) mass is 587 g/mol. The van der Waals surface area contributed by atoms with Crippen molar-refractivity contribution in [3.05, 3.63) is 98.8 Å². The number of hydrogen-bond donors (Lipinski definition) is 2. The first-order valence-electron chi connectivity index (χ1n) is 13.9. The molecule has 0 saturated carbocycles. The molecule has 10 nitrogen and oxygen atoms in total. The molecule has 0 spiro atoms. The van der Waals surface area contributed by atoms with E-state index in [2.05, 4.69) is 22.3 Å². The summed E-state index contributed by atoms with van der Waals surface area (Å²) in [4.78, 5) is 33.1. The number of rotatable bonds is 7. The van der Waals surface area contributed by atoms with Crippen LogP contribution in [0.25, 0.3) is 10.9 Å². The standard InChI is InChI=1S/C31H33N5O5S/c1-19-13-26(20(2)32-24-10-6-9-21(15-24)30(38)39)28-27(14-19)29(37)36(25-11-12-35(18-25)42(3,40)41)31(33-28)34-16-22-7-4-5-8-23(22)17-34/h4-10,13-15,20,25,32H,11-12,16-18H2,1-3H3,(H,38,39)/t20?,25-/m1/s1. The van der Waals surface area contributed by atoms with Crippen molar-refractivity contribution in [1.82, 2.24) is 13.9 Å². The Kier molecular flexibility index (Phi) is 7.02. The molecule has 6 rings (SSSR count). The number of sulfonamides is 1. The lowest BCUT2D eigenvalue weighted by Gasteiger charge is -2.27. The number of nitrogens with one attached hydrogen (secondary N) is 1. The molecule has 2 N–H and O–H groups in total. The Morgan fingerprint density at radius 2 is 1.79 bits per heavy atom. The molecule has 0 bridgehead atoms. The highest BCUT2D eigenvalue weighted by molar-refractivity contribution is 7.88. The van der Waals surface area contributed by atoms with Gasteiger partial charge < -0.3 is 15.3 Å². The van der Waals surface area contributed by atoms with E-state index in [-0.39, 0.29) is 29.8 Å². The van der Waals surface area contributed by atoms with Crippen molar-refractivity contribution in [2.24, 2.45) is 0 Å². The molecule has 1 fully saturated rings. The van der Waals surface area contributed by atoms with Gasteiger partial charge in [-0.05, 0) is 61.2 Å². The first-order chi connectivity index (χ1) is 20.0.